The van der Waals surface area contributed by atoms with E-state index in [0.29, 0.717) is 5.76 Å². The van der Waals surface area contributed by atoms with Crippen molar-refractivity contribution in [3.8, 4) is 0 Å². The van der Waals surface area contributed by atoms with Crippen LogP contribution >= 0.6 is 0 Å². The Morgan fingerprint density at radius 2 is 1.71 bits per heavy atom. The lowest BCUT2D eigenvalue weighted by molar-refractivity contribution is 0.0831. The molecule has 0 fully saturated rings. The summed E-state index contributed by atoms with van der Waals surface area (Å²) in [7, 11) is 0. The molecular formula is C15H18O2. The lowest BCUT2D eigenvalue weighted by Gasteiger charge is -2.13. The summed E-state index contributed by atoms with van der Waals surface area (Å²) in [5.41, 5.74) is 2.63. The first-order valence-corrected chi connectivity index (χ1v) is 5.85. The van der Waals surface area contributed by atoms with Gasteiger partial charge in [-0.15, -0.1) is 0 Å². The van der Waals surface area contributed by atoms with Crippen LogP contribution in [0.5, 0.6) is 0 Å². The van der Waals surface area contributed by atoms with Gasteiger partial charge in [-0.2, -0.15) is 0 Å². The summed E-state index contributed by atoms with van der Waals surface area (Å²) < 4.78 is 5.72. The fraction of sp³-hybridized carbons (Fsp3) is 0.400. The quantitative estimate of drug-likeness (QED) is 0.684. The maximum Gasteiger partial charge on any atom is 0.203 e. The lowest BCUT2D eigenvalue weighted by atomic mass is 9.89. The van der Waals surface area contributed by atoms with Crippen LogP contribution in [0.15, 0.2) is 22.6 Å². The van der Waals surface area contributed by atoms with Gasteiger partial charge in [-0.25, -0.2) is 0 Å². The van der Waals surface area contributed by atoms with Crippen LogP contribution in [0.25, 0.3) is 11.0 Å². The molecule has 0 aliphatic rings. The highest BCUT2D eigenvalue weighted by Gasteiger charge is 2.26. The van der Waals surface area contributed by atoms with E-state index in [1.807, 2.05) is 46.8 Å². The molecule has 2 nitrogen and oxygen atoms in total. The monoisotopic (exact) mass is 230 g/mol. The largest absolute Gasteiger partial charge is 0.453 e. The van der Waals surface area contributed by atoms with Crippen LogP contribution in [0, 0.1) is 19.3 Å². The Morgan fingerprint density at radius 1 is 1.12 bits per heavy atom. The van der Waals surface area contributed by atoms with Gasteiger partial charge in [-0.05, 0) is 31.0 Å². The van der Waals surface area contributed by atoms with Gasteiger partial charge in [0.2, 0.25) is 5.78 Å². The molecule has 17 heavy (non-hydrogen) atoms. The van der Waals surface area contributed by atoms with E-state index in [0.717, 1.165) is 22.1 Å². The molecule has 0 bridgehead atoms. The van der Waals surface area contributed by atoms with Crippen LogP contribution in [-0.4, -0.2) is 5.78 Å². The highest BCUT2D eigenvalue weighted by molar-refractivity contribution is 6.01. The van der Waals surface area contributed by atoms with Gasteiger partial charge < -0.3 is 4.42 Å². The summed E-state index contributed by atoms with van der Waals surface area (Å²) in [6, 6.07) is 5.94. The molecule has 0 aliphatic heterocycles. The van der Waals surface area contributed by atoms with Crippen molar-refractivity contribution in [1.82, 2.24) is 0 Å². The van der Waals surface area contributed by atoms with Crippen LogP contribution in [0.2, 0.25) is 0 Å². The second-order valence-electron chi connectivity index (χ2n) is 5.63. The van der Waals surface area contributed by atoms with Gasteiger partial charge in [0.15, 0.2) is 5.76 Å². The zero-order valence-electron chi connectivity index (χ0n) is 11.0. The molecule has 0 N–H and O–H groups in total. The smallest absolute Gasteiger partial charge is 0.203 e. The van der Waals surface area contributed by atoms with Gasteiger partial charge in [0.05, 0.1) is 0 Å². The predicted molar refractivity (Wildman–Crippen MR) is 69.5 cm³/mol. The summed E-state index contributed by atoms with van der Waals surface area (Å²) in [5.74, 6) is 0.511. The molecule has 0 aliphatic carbocycles. The number of hydrogen-bond donors (Lipinski definition) is 0. The van der Waals surface area contributed by atoms with Crippen molar-refractivity contribution in [2.45, 2.75) is 34.6 Å². The molecule has 1 heterocycles. The maximum atomic E-state index is 12.2. The van der Waals surface area contributed by atoms with Gasteiger partial charge in [0.25, 0.3) is 0 Å². The van der Waals surface area contributed by atoms with Crippen LogP contribution in [0.1, 0.15) is 42.5 Å². The van der Waals surface area contributed by atoms with Gasteiger partial charge in [-0.3, -0.25) is 4.79 Å². The fourth-order valence-corrected chi connectivity index (χ4v) is 1.87. The minimum atomic E-state index is -0.407. The molecule has 0 unspecified atom stereocenters. The number of rotatable bonds is 1. The molecule has 2 aromatic rings. The summed E-state index contributed by atoms with van der Waals surface area (Å²) in [6.07, 6.45) is 0. The van der Waals surface area contributed by atoms with Gasteiger partial charge in [-0.1, -0.05) is 32.9 Å². The van der Waals surface area contributed by atoms with Gasteiger partial charge in [0, 0.05) is 10.8 Å². The minimum Gasteiger partial charge on any atom is -0.453 e. The number of carbonyl (C=O) groups excluding carboxylic acids is 1. The van der Waals surface area contributed by atoms with E-state index in [1.165, 1.54) is 0 Å². The highest BCUT2D eigenvalue weighted by atomic mass is 16.3. The average Bonchev–Trinajstić information content (AvgIpc) is 2.67. The minimum absolute atomic E-state index is 0.0486. The zero-order valence-corrected chi connectivity index (χ0v) is 11.0. The number of fused-ring (bicyclic) bond motifs is 1. The molecule has 1 aromatic carbocycles. The summed E-state index contributed by atoms with van der Waals surface area (Å²) in [4.78, 5) is 12.2. The molecule has 0 saturated carbocycles. The molecule has 0 saturated heterocycles. The topological polar surface area (TPSA) is 30.2 Å². The Bertz CT molecular complexity index is 544. The molecular weight excluding hydrogens is 212 g/mol. The Kier molecular flexibility index (Phi) is 2.61. The van der Waals surface area contributed by atoms with E-state index < -0.39 is 5.41 Å². The van der Waals surface area contributed by atoms with Crippen LogP contribution in [0.4, 0.5) is 0 Å². The van der Waals surface area contributed by atoms with Crippen LogP contribution in [-0.2, 0) is 0 Å². The molecule has 1 aromatic heterocycles. The van der Waals surface area contributed by atoms with Crippen molar-refractivity contribution in [3.63, 3.8) is 0 Å². The third-order valence-corrected chi connectivity index (χ3v) is 3.00. The average molecular weight is 230 g/mol. The maximum absolute atomic E-state index is 12.2. The van der Waals surface area contributed by atoms with E-state index in [9.17, 15) is 4.79 Å². The first-order chi connectivity index (χ1) is 7.80. The van der Waals surface area contributed by atoms with E-state index in [-0.39, 0.29) is 5.78 Å². The van der Waals surface area contributed by atoms with E-state index >= 15 is 0 Å². The van der Waals surface area contributed by atoms with Crippen LogP contribution < -0.4 is 0 Å². The third kappa shape index (κ3) is 1.99. The number of furan rings is 1. The van der Waals surface area contributed by atoms with E-state index in [1.54, 1.807) is 0 Å². The summed E-state index contributed by atoms with van der Waals surface area (Å²) >= 11 is 0. The van der Waals surface area contributed by atoms with Gasteiger partial charge in [0.1, 0.15) is 5.58 Å². The molecule has 0 amide bonds. The molecule has 0 spiro atoms. The zero-order chi connectivity index (χ0) is 12.8. The fourth-order valence-electron chi connectivity index (χ4n) is 1.87. The van der Waals surface area contributed by atoms with Crippen LogP contribution in [0.3, 0.4) is 0 Å². The standard InChI is InChI=1S/C15H18O2/c1-9-6-7-10(2)13-11(9)8-12(17-13)14(16)15(3,4)5/h6-8H,1-5H3. The third-order valence-electron chi connectivity index (χ3n) is 3.00. The van der Waals surface area contributed by atoms with E-state index in [2.05, 4.69) is 6.07 Å². The number of hydrogen-bond acceptors (Lipinski definition) is 2. The van der Waals surface area contributed by atoms with Crippen molar-refractivity contribution >= 4 is 16.8 Å². The first kappa shape index (κ1) is 11.9. The molecule has 0 radical (unpaired) electrons. The Labute approximate surface area is 102 Å². The second-order valence-corrected chi connectivity index (χ2v) is 5.63. The number of carbonyl (C=O) groups is 1. The Hall–Kier alpha value is -1.57. The lowest BCUT2D eigenvalue weighted by Crippen LogP contribution is -2.19. The number of Topliss-reactive ketones (excluding diaryl/α,β-unsaturated/α-hetero) is 1. The Morgan fingerprint density at radius 3 is 2.24 bits per heavy atom. The molecule has 90 valence electrons. The van der Waals surface area contributed by atoms with Crippen molar-refractivity contribution in [3.05, 3.63) is 35.1 Å². The normalized spacial score (nSPS) is 12.1. The molecule has 0 atom stereocenters. The predicted octanol–water partition coefficient (Wildman–Crippen LogP) is 4.28. The van der Waals surface area contributed by atoms with E-state index in [4.69, 9.17) is 4.42 Å². The number of benzene rings is 1. The van der Waals surface area contributed by atoms with Crippen molar-refractivity contribution in [1.29, 1.82) is 0 Å². The SMILES string of the molecule is Cc1ccc(C)c2oc(C(=O)C(C)(C)C)cc12. The second kappa shape index (κ2) is 3.73. The number of ketones is 1. The summed E-state index contributed by atoms with van der Waals surface area (Å²) in [5, 5.41) is 1.04. The Balaban J connectivity index is 2.64. The number of aryl methyl sites for hydroxylation is 2. The van der Waals surface area contributed by atoms with Gasteiger partial charge >= 0.3 is 0 Å². The summed E-state index contributed by atoms with van der Waals surface area (Å²) in [6.45, 7) is 9.74. The van der Waals surface area contributed by atoms with Crippen molar-refractivity contribution in [2.24, 2.45) is 5.41 Å². The first-order valence-electron chi connectivity index (χ1n) is 5.85. The van der Waals surface area contributed by atoms with Crippen molar-refractivity contribution in [2.75, 3.05) is 0 Å². The molecule has 2 heteroatoms. The molecule has 2 rings (SSSR count). The van der Waals surface area contributed by atoms with Crippen molar-refractivity contribution < 1.29 is 9.21 Å². The highest BCUT2D eigenvalue weighted by Crippen LogP contribution is 2.29.